The van der Waals surface area contributed by atoms with Crippen molar-refractivity contribution in [1.82, 2.24) is 19.7 Å². The summed E-state index contributed by atoms with van der Waals surface area (Å²) in [6.07, 6.45) is 7.07. The third-order valence-electron chi connectivity index (χ3n) is 5.88. The molecule has 2 aromatic rings. The lowest BCUT2D eigenvalue weighted by Gasteiger charge is -2.33. The molecule has 0 unspecified atom stereocenters. The van der Waals surface area contributed by atoms with E-state index in [0.717, 1.165) is 31.4 Å². The highest BCUT2D eigenvalue weighted by atomic mass is 16.4. The van der Waals surface area contributed by atoms with Gasteiger partial charge in [0.15, 0.2) is 0 Å². The maximum Gasteiger partial charge on any atom is 0.326 e. The Hall–Kier alpha value is -2.70. The topological polar surface area (TPSA) is 88.3 Å². The molecule has 4 rings (SSSR count). The van der Waals surface area contributed by atoms with Gasteiger partial charge in [0.2, 0.25) is 5.91 Å². The molecule has 0 bridgehead atoms. The third kappa shape index (κ3) is 3.46. The summed E-state index contributed by atoms with van der Waals surface area (Å²) in [7, 11) is 0. The molecule has 1 amide bonds. The van der Waals surface area contributed by atoms with Crippen LogP contribution in [0.3, 0.4) is 0 Å². The first-order valence-electron chi connectivity index (χ1n) is 9.63. The van der Waals surface area contributed by atoms with Crippen LogP contribution < -0.4 is 0 Å². The normalized spacial score (nSPS) is 24.6. The van der Waals surface area contributed by atoms with Crippen LogP contribution in [-0.2, 0) is 16.0 Å². The van der Waals surface area contributed by atoms with Gasteiger partial charge >= 0.3 is 5.97 Å². The average molecular weight is 368 g/mol. The van der Waals surface area contributed by atoms with Crippen molar-refractivity contribution in [3.05, 3.63) is 42.5 Å². The zero-order valence-corrected chi connectivity index (χ0v) is 15.2. The number of carboxylic acid groups (broad SMARTS) is 1. The minimum atomic E-state index is -0.884. The maximum absolute atomic E-state index is 13.0. The molecule has 0 spiro atoms. The van der Waals surface area contributed by atoms with E-state index >= 15 is 0 Å². The van der Waals surface area contributed by atoms with Crippen LogP contribution in [0.1, 0.15) is 44.3 Å². The Morgan fingerprint density at radius 3 is 2.70 bits per heavy atom. The molecule has 2 heterocycles. The number of aliphatic carboxylic acids is 1. The van der Waals surface area contributed by atoms with E-state index in [9.17, 15) is 14.7 Å². The quantitative estimate of drug-likeness (QED) is 0.876. The largest absolute Gasteiger partial charge is 0.480 e. The summed E-state index contributed by atoms with van der Waals surface area (Å²) >= 11 is 0. The lowest BCUT2D eigenvalue weighted by Crippen LogP contribution is -2.46. The Labute approximate surface area is 158 Å². The smallest absolute Gasteiger partial charge is 0.326 e. The monoisotopic (exact) mass is 368 g/mol. The van der Waals surface area contributed by atoms with Gasteiger partial charge in [-0.05, 0) is 37.3 Å². The van der Waals surface area contributed by atoms with Crippen molar-refractivity contribution in [2.75, 3.05) is 0 Å². The van der Waals surface area contributed by atoms with Gasteiger partial charge in [-0.1, -0.05) is 31.0 Å². The Morgan fingerprint density at radius 2 is 1.93 bits per heavy atom. The van der Waals surface area contributed by atoms with Crippen molar-refractivity contribution in [2.45, 2.75) is 57.0 Å². The average Bonchev–Trinajstić information content (AvgIpc) is 3.31. The molecule has 7 heteroatoms. The van der Waals surface area contributed by atoms with E-state index < -0.39 is 12.0 Å². The number of benzene rings is 1. The molecule has 2 aliphatic rings. The first-order chi connectivity index (χ1) is 13.1. The molecule has 1 aromatic carbocycles. The third-order valence-corrected chi connectivity index (χ3v) is 5.88. The number of rotatable bonds is 5. The molecule has 7 nitrogen and oxygen atoms in total. The molecule has 27 heavy (non-hydrogen) atoms. The standard InChI is InChI=1S/C20H24N4O3/c25-19(24-16-9-5-4-6-14(16)12-17(24)20(26)27)11-10-18-22-21-13-23(18)15-7-2-1-3-8-15/h1-3,7-8,13-14,16-17H,4-6,9-12H2,(H,26,27)/t14-,16+,17-/m0/s1. The number of nitrogens with zero attached hydrogens (tertiary/aromatic N) is 4. The Morgan fingerprint density at radius 1 is 1.15 bits per heavy atom. The summed E-state index contributed by atoms with van der Waals surface area (Å²) in [5.74, 6) is 0.0715. The van der Waals surface area contributed by atoms with E-state index in [-0.39, 0.29) is 18.4 Å². The number of hydrogen-bond acceptors (Lipinski definition) is 4. The molecular formula is C20H24N4O3. The number of hydrogen-bond donors (Lipinski definition) is 1. The maximum atomic E-state index is 13.0. The molecule has 0 radical (unpaired) electrons. The summed E-state index contributed by atoms with van der Waals surface area (Å²) in [6, 6.07) is 9.14. The number of likely N-dealkylation sites (tertiary alicyclic amines) is 1. The zero-order valence-electron chi connectivity index (χ0n) is 15.2. The molecular weight excluding hydrogens is 344 g/mol. The zero-order chi connectivity index (χ0) is 18.8. The second-order valence-electron chi connectivity index (χ2n) is 7.46. The minimum Gasteiger partial charge on any atom is -0.480 e. The molecule has 1 aliphatic heterocycles. The van der Waals surface area contributed by atoms with Gasteiger partial charge in [0, 0.05) is 24.6 Å². The molecule has 1 saturated heterocycles. The molecule has 1 aromatic heterocycles. The fraction of sp³-hybridized carbons (Fsp3) is 0.500. The highest BCUT2D eigenvalue weighted by Gasteiger charge is 2.47. The van der Waals surface area contributed by atoms with Crippen molar-refractivity contribution in [3.8, 4) is 5.69 Å². The second kappa shape index (κ2) is 7.50. The number of carboxylic acids is 1. The van der Waals surface area contributed by atoms with Gasteiger partial charge in [-0.25, -0.2) is 4.79 Å². The van der Waals surface area contributed by atoms with E-state index in [4.69, 9.17) is 0 Å². The van der Waals surface area contributed by atoms with Gasteiger partial charge in [-0.2, -0.15) is 0 Å². The predicted octanol–water partition coefficient (Wildman–Crippen LogP) is 2.44. The van der Waals surface area contributed by atoms with Gasteiger partial charge < -0.3 is 10.0 Å². The van der Waals surface area contributed by atoms with Crippen LogP contribution >= 0.6 is 0 Å². The van der Waals surface area contributed by atoms with Crippen molar-refractivity contribution in [2.24, 2.45) is 5.92 Å². The van der Waals surface area contributed by atoms with E-state index in [0.29, 0.717) is 24.6 Å². The van der Waals surface area contributed by atoms with Crippen LogP contribution in [0.2, 0.25) is 0 Å². The van der Waals surface area contributed by atoms with E-state index in [2.05, 4.69) is 10.2 Å². The summed E-state index contributed by atoms with van der Waals surface area (Å²) in [6.45, 7) is 0. The van der Waals surface area contributed by atoms with Gasteiger partial charge in [0.05, 0.1) is 0 Å². The molecule has 142 valence electrons. The predicted molar refractivity (Wildman–Crippen MR) is 98.3 cm³/mol. The van der Waals surface area contributed by atoms with E-state index in [1.54, 1.807) is 11.2 Å². The van der Waals surface area contributed by atoms with Crippen LogP contribution in [0.25, 0.3) is 5.69 Å². The summed E-state index contributed by atoms with van der Waals surface area (Å²) in [5.41, 5.74) is 0.946. The number of fused-ring (bicyclic) bond motifs is 1. The van der Waals surface area contributed by atoms with Crippen LogP contribution in [0.15, 0.2) is 36.7 Å². The lowest BCUT2D eigenvalue weighted by molar-refractivity contribution is -0.149. The molecule has 1 saturated carbocycles. The number of amides is 1. The molecule has 1 N–H and O–H groups in total. The van der Waals surface area contributed by atoms with Crippen molar-refractivity contribution in [3.63, 3.8) is 0 Å². The van der Waals surface area contributed by atoms with E-state index in [1.165, 1.54) is 0 Å². The molecule has 3 atom stereocenters. The van der Waals surface area contributed by atoms with Crippen molar-refractivity contribution >= 4 is 11.9 Å². The lowest BCUT2D eigenvalue weighted by atomic mass is 9.84. The number of carbonyl (C=O) groups excluding carboxylic acids is 1. The van der Waals surface area contributed by atoms with Crippen LogP contribution in [0, 0.1) is 5.92 Å². The Kier molecular flexibility index (Phi) is 4.92. The van der Waals surface area contributed by atoms with Crippen molar-refractivity contribution in [1.29, 1.82) is 0 Å². The van der Waals surface area contributed by atoms with Crippen LogP contribution in [-0.4, -0.2) is 48.7 Å². The number of carbonyl (C=O) groups is 2. The highest BCUT2D eigenvalue weighted by Crippen LogP contribution is 2.40. The number of aromatic nitrogens is 3. The van der Waals surface area contributed by atoms with Gasteiger partial charge in [0.1, 0.15) is 18.2 Å². The second-order valence-corrected chi connectivity index (χ2v) is 7.46. The van der Waals surface area contributed by atoms with E-state index in [1.807, 2.05) is 34.9 Å². The van der Waals surface area contributed by atoms with Crippen LogP contribution in [0.5, 0.6) is 0 Å². The summed E-state index contributed by atoms with van der Waals surface area (Å²) in [5, 5.41) is 17.7. The SMILES string of the molecule is O=C(O)[C@@H]1C[C@@H]2CCCC[C@H]2N1C(=O)CCc1nncn1-c1ccccc1. The fourth-order valence-corrected chi connectivity index (χ4v) is 4.62. The highest BCUT2D eigenvalue weighted by molar-refractivity contribution is 5.85. The Bertz CT molecular complexity index is 820. The number of aryl methyl sites for hydroxylation is 1. The fourth-order valence-electron chi connectivity index (χ4n) is 4.62. The van der Waals surface area contributed by atoms with Crippen LogP contribution in [0.4, 0.5) is 0 Å². The first-order valence-corrected chi connectivity index (χ1v) is 9.63. The molecule has 2 fully saturated rings. The summed E-state index contributed by atoms with van der Waals surface area (Å²) < 4.78 is 1.87. The van der Waals surface area contributed by atoms with Gasteiger partial charge in [0.25, 0.3) is 0 Å². The number of para-hydroxylation sites is 1. The van der Waals surface area contributed by atoms with Crippen molar-refractivity contribution < 1.29 is 14.7 Å². The minimum absolute atomic E-state index is 0.0827. The van der Waals surface area contributed by atoms with Gasteiger partial charge in [-0.3, -0.25) is 9.36 Å². The first kappa shape index (κ1) is 17.7. The Balaban J connectivity index is 1.48. The molecule has 1 aliphatic carbocycles. The summed E-state index contributed by atoms with van der Waals surface area (Å²) in [4.78, 5) is 26.3. The van der Waals surface area contributed by atoms with Gasteiger partial charge in [-0.15, -0.1) is 10.2 Å².